The molecular weight excluding hydrogens is 1360 g/mol. The topological polar surface area (TPSA) is 204 Å². The first kappa shape index (κ1) is 91.2. The lowest BCUT2D eigenvalue weighted by molar-refractivity contribution is -0.126. The summed E-state index contributed by atoms with van der Waals surface area (Å²) in [5.74, 6) is 6.88. The standard InChI is InChI=1S/3C15H19NO.2C10H18N4.C9H18O2.C9H18O.C8H16O/c1-15(2,3)9-11-17-14-8-4-7-13-12(14)6-5-10-16-13;1-15(2,3)8-10-17-13-6-7-14-12(11-13)5-4-9-16-14;1-15(2,3)8-10-17-13-7-6-12-5-4-9-16-14(12)11-13;1-8-11-12-9-7-13(10(2,3)4)5-6-14(8)9;1-8-11-9-7-13(10(2,3)4)5-6-14(9)12-8;1-8(2,3)9(10)4-6-11-7-5-9;1-8(2,3)9(10)6-4-5-7-9;1-7(2,3)8(9)5-4-6-8/h4-8,10H,9,11H2,1-3H3;2*4-7,9,11H,8,10H2,1-3H3;2*5-7H2,1-4H3;10H,4-7H2,1-3H3;10H,4-7H2,1-3H3;9H,4-6H2,1-3H3. The zero-order valence-electron chi connectivity index (χ0n) is 72.5. The molecule has 0 radical (unpaired) electrons. The molecule has 8 aromatic rings. The van der Waals surface area contributed by atoms with Crippen LogP contribution >= 0.6 is 0 Å². The predicted octanol–water partition coefficient (Wildman–Crippen LogP) is 20.4. The number of fused-ring (bicyclic) bond motifs is 5. The third-order valence-electron chi connectivity index (χ3n) is 21.8. The van der Waals surface area contributed by atoms with Crippen molar-refractivity contribution in [3.05, 3.63) is 133 Å². The minimum Gasteiger partial charge on any atom is -0.494 e. The normalized spacial score (nSPS) is 17.1. The highest BCUT2D eigenvalue weighted by Gasteiger charge is 2.45. The SMILES string of the molecule is CC(C)(C)C1(O)CCC1.CC(C)(C)C1(O)CCCC1.CC(C)(C)C1(O)CCOCC1.CC(C)(C)CCOc1ccc2cccnc2c1.CC(C)(C)CCOc1ccc2ncccc2c1.CC(C)(C)CCOc1cccc2ncccc12.Cc1nc2n(n1)CCN(C(C)(C)C)C2.Cc1nnc2n1CCN(C(C)(C)C)C2. The molecule has 606 valence electrons. The van der Waals surface area contributed by atoms with Gasteiger partial charge in [0.2, 0.25) is 0 Å². The van der Waals surface area contributed by atoms with Gasteiger partial charge in [0.25, 0.3) is 0 Å². The Kier molecular flexibility index (Phi) is 32.4. The molecule has 5 aromatic heterocycles. The molecule has 109 heavy (non-hydrogen) atoms. The van der Waals surface area contributed by atoms with Gasteiger partial charge in [-0.15, -0.1) is 10.2 Å². The van der Waals surface area contributed by atoms with E-state index in [0.717, 1.165) is 190 Å². The summed E-state index contributed by atoms with van der Waals surface area (Å²) < 4.78 is 26.8. The molecule has 0 bridgehead atoms. The van der Waals surface area contributed by atoms with E-state index in [9.17, 15) is 15.3 Å². The molecule has 18 heteroatoms. The molecule has 2 aliphatic carbocycles. The maximum atomic E-state index is 10.1. The Labute approximate surface area is 657 Å². The first-order valence-corrected chi connectivity index (χ1v) is 40.4. The molecule has 0 spiro atoms. The molecular formula is C91H145N11O7. The van der Waals surface area contributed by atoms with Crippen LogP contribution in [0.15, 0.2) is 110 Å². The Morgan fingerprint density at radius 1 is 0.431 bits per heavy atom. The molecule has 5 aliphatic rings. The van der Waals surface area contributed by atoms with Crippen LogP contribution in [-0.2, 0) is 30.9 Å². The summed E-state index contributed by atoms with van der Waals surface area (Å²) in [5, 5.41) is 45.9. The minimum absolute atomic E-state index is 0.0171. The van der Waals surface area contributed by atoms with Gasteiger partial charge in [0.15, 0.2) is 0 Å². The van der Waals surface area contributed by atoms with E-state index in [1.54, 1.807) is 12.4 Å². The fourth-order valence-corrected chi connectivity index (χ4v) is 13.0. The highest BCUT2D eigenvalue weighted by atomic mass is 16.5. The number of hydrogen-bond donors (Lipinski definition) is 3. The Bertz CT molecular complexity index is 3890. The highest BCUT2D eigenvalue weighted by Crippen LogP contribution is 2.46. The number of aliphatic hydroxyl groups is 3. The number of rotatable bonds is 9. The third kappa shape index (κ3) is 29.4. The van der Waals surface area contributed by atoms with Crippen molar-refractivity contribution in [3.8, 4) is 17.2 Å². The van der Waals surface area contributed by atoms with Crippen molar-refractivity contribution >= 4 is 32.7 Å². The Morgan fingerprint density at radius 2 is 0.890 bits per heavy atom. The number of hydrogen-bond acceptors (Lipinski definition) is 16. The summed E-state index contributed by atoms with van der Waals surface area (Å²) in [4.78, 5) is 22.2. The molecule has 0 unspecified atom stereocenters. The lowest BCUT2D eigenvalue weighted by atomic mass is 9.64. The summed E-state index contributed by atoms with van der Waals surface area (Å²) in [6.45, 7) is 66.0. The first-order chi connectivity index (χ1) is 50.5. The van der Waals surface area contributed by atoms with Crippen LogP contribution in [0.1, 0.15) is 267 Å². The third-order valence-corrected chi connectivity index (χ3v) is 21.8. The van der Waals surface area contributed by atoms with Crippen LogP contribution in [0.4, 0.5) is 0 Å². The number of pyridine rings is 3. The van der Waals surface area contributed by atoms with Gasteiger partial charge in [-0.1, -0.05) is 156 Å². The number of aromatic nitrogens is 9. The van der Waals surface area contributed by atoms with E-state index >= 15 is 0 Å². The average molecular weight is 1510 g/mol. The second-order valence-electron chi connectivity index (χ2n) is 39.3. The summed E-state index contributed by atoms with van der Waals surface area (Å²) in [6, 6.07) is 30.1. The van der Waals surface area contributed by atoms with Crippen LogP contribution < -0.4 is 14.2 Å². The van der Waals surface area contributed by atoms with Crippen molar-refractivity contribution in [2.45, 2.75) is 311 Å². The van der Waals surface area contributed by atoms with Crippen LogP contribution in [0.25, 0.3) is 32.7 Å². The van der Waals surface area contributed by atoms with E-state index in [2.05, 4.69) is 240 Å². The molecule has 13 rings (SSSR count). The Hall–Kier alpha value is -6.67. The lowest BCUT2D eigenvalue weighted by Crippen LogP contribution is -2.48. The van der Waals surface area contributed by atoms with E-state index in [1.165, 1.54) is 19.3 Å². The molecule has 8 heterocycles. The van der Waals surface area contributed by atoms with Crippen molar-refractivity contribution in [1.82, 2.24) is 54.3 Å². The molecule has 0 atom stereocenters. The molecule has 3 fully saturated rings. The maximum absolute atomic E-state index is 10.1. The van der Waals surface area contributed by atoms with Crippen LogP contribution in [0.5, 0.6) is 17.2 Å². The molecule has 3 aliphatic heterocycles. The predicted molar refractivity (Wildman–Crippen MR) is 449 cm³/mol. The maximum Gasteiger partial charge on any atom is 0.147 e. The van der Waals surface area contributed by atoms with Crippen LogP contribution in [-0.4, -0.2) is 144 Å². The number of nitrogens with zero attached hydrogens (tertiary/aromatic N) is 11. The smallest absolute Gasteiger partial charge is 0.147 e. The van der Waals surface area contributed by atoms with Crippen LogP contribution in [0.3, 0.4) is 0 Å². The van der Waals surface area contributed by atoms with Crippen molar-refractivity contribution in [2.24, 2.45) is 32.5 Å². The van der Waals surface area contributed by atoms with Gasteiger partial charge in [-0.2, -0.15) is 5.10 Å². The fourth-order valence-electron chi connectivity index (χ4n) is 13.0. The summed E-state index contributed by atoms with van der Waals surface area (Å²) in [7, 11) is 0. The highest BCUT2D eigenvalue weighted by molar-refractivity contribution is 5.85. The zero-order chi connectivity index (χ0) is 81.1. The lowest BCUT2D eigenvalue weighted by Gasteiger charge is -2.47. The van der Waals surface area contributed by atoms with Gasteiger partial charge < -0.3 is 38.8 Å². The van der Waals surface area contributed by atoms with Crippen molar-refractivity contribution < 1.29 is 34.3 Å². The van der Waals surface area contributed by atoms with E-state index in [4.69, 9.17) is 18.9 Å². The van der Waals surface area contributed by atoms with Crippen molar-refractivity contribution in [3.63, 3.8) is 0 Å². The van der Waals surface area contributed by atoms with Crippen LogP contribution in [0, 0.1) is 46.3 Å². The largest absolute Gasteiger partial charge is 0.494 e. The summed E-state index contributed by atoms with van der Waals surface area (Å²) in [5.41, 5.74) is 3.31. The first-order valence-electron chi connectivity index (χ1n) is 40.4. The second-order valence-corrected chi connectivity index (χ2v) is 39.3. The average Bonchev–Trinajstić information content (AvgIpc) is 1.65. The van der Waals surface area contributed by atoms with E-state index in [-0.39, 0.29) is 38.5 Å². The van der Waals surface area contributed by atoms with E-state index in [1.807, 2.05) is 91.5 Å². The van der Waals surface area contributed by atoms with E-state index in [0.29, 0.717) is 29.5 Å². The van der Waals surface area contributed by atoms with Crippen molar-refractivity contribution in [1.29, 1.82) is 0 Å². The fraction of sp³-hybridized carbons (Fsp3) is 0.659. The molecule has 1 saturated heterocycles. The number of ether oxygens (including phenoxy) is 4. The second kappa shape index (κ2) is 38.7. The van der Waals surface area contributed by atoms with Gasteiger partial charge in [0.1, 0.15) is 40.5 Å². The van der Waals surface area contributed by atoms with Gasteiger partial charge in [0.05, 0.1) is 72.8 Å². The summed E-state index contributed by atoms with van der Waals surface area (Å²) >= 11 is 0. The molecule has 3 N–H and O–H groups in total. The molecule has 0 amide bonds. The van der Waals surface area contributed by atoms with Gasteiger partial charge in [-0.3, -0.25) is 24.8 Å². The number of aryl methyl sites for hydroxylation is 2. The monoisotopic (exact) mass is 1500 g/mol. The van der Waals surface area contributed by atoms with E-state index < -0.39 is 5.60 Å². The number of benzene rings is 3. The quantitative estimate of drug-likeness (QED) is 0.123. The van der Waals surface area contributed by atoms with Gasteiger partial charge in [-0.05, 0) is 206 Å². The molecule has 18 nitrogen and oxygen atoms in total. The van der Waals surface area contributed by atoms with Crippen molar-refractivity contribution in [2.75, 3.05) is 46.1 Å². The van der Waals surface area contributed by atoms with Gasteiger partial charge in [-0.25, -0.2) is 9.67 Å². The summed E-state index contributed by atoms with van der Waals surface area (Å²) in [6.07, 6.45) is 17.7. The zero-order valence-corrected chi connectivity index (χ0v) is 72.5. The molecule has 2 saturated carbocycles. The van der Waals surface area contributed by atoms with Crippen LogP contribution in [0.2, 0.25) is 0 Å². The molecule has 3 aromatic carbocycles. The Balaban J connectivity index is 0.000000196. The Morgan fingerprint density at radius 3 is 1.39 bits per heavy atom. The minimum atomic E-state index is -0.509. The van der Waals surface area contributed by atoms with Gasteiger partial charge in [0, 0.05) is 97.6 Å². The van der Waals surface area contributed by atoms with Gasteiger partial charge >= 0.3 is 0 Å².